The van der Waals surface area contributed by atoms with E-state index in [0.29, 0.717) is 34.7 Å². The molecule has 4 aromatic rings. The fraction of sp³-hybridized carbons (Fsp3) is 0.321. The van der Waals surface area contributed by atoms with Gasteiger partial charge in [-0.2, -0.15) is 0 Å². The number of aryl methyl sites for hydroxylation is 1. The van der Waals surface area contributed by atoms with E-state index in [1.807, 2.05) is 0 Å². The Morgan fingerprint density at radius 2 is 1.73 bits per heavy atom. The molecular weight excluding hydrogens is 556 g/mol. The normalized spacial score (nSPS) is 12.2. The lowest BCUT2D eigenvalue weighted by atomic mass is 10.0. The van der Waals surface area contributed by atoms with Crippen molar-refractivity contribution in [2.24, 2.45) is 7.05 Å². The van der Waals surface area contributed by atoms with Gasteiger partial charge >= 0.3 is 0 Å². The van der Waals surface area contributed by atoms with Gasteiger partial charge in [-0.1, -0.05) is 19.6 Å². The maximum absolute atomic E-state index is 14.5. The first-order valence-electron chi connectivity index (χ1n) is 12.8. The Morgan fingerprint density at radius 3 is 2.40 bits per heavy atom. The Labute approximate surface area is 233 Å². The number of ether oxygens (including phenoxy) is 2. The lowest BCUT2D eigenvalue weighted by molar-refractivity contribution is 0.0903. The maximum atomic E-state index is 14.5. The summed E-state index contributed by atoms with van der Waals surface area (Å²) in [6.07, 6.45) is 3.37. The summed E-state index contributed by atoms with van der Waals surface area (Å²) in [4.78, 5) is 13.0. The molecule has 40 heavy (non-hydrogen) atoms. The summed E-state index contributed by atoms with van der Waals surface area (Å²) in [5.41, 5.74) is 1.51. The summed E-state index contributed by atoms with van der Waals surface area (Å²) in [6.45, 7) is 9.06. The van der Waals surface area contributed by atoms with Gasteiger partial charge in [0.15, 0.2) is 11.6 Å². The standard InChI is InChI=1S/C28H33F2N3O5SSi/c1-6-39(35,36)31-20-8-10-25(38-26-9-7-19(29)15-24(26)30)22(16-20)23-17-32(2)28(34)21-11-12-33(27(21)23)18-37-13-14-40(3,4)5/h7-12,15-17,31H,6,13-14,18H2,1-5H3. The molecule has 0 atom stereocenters. The topological polar surface area (TPSA) is 91.6 Å². The molecular formula is C28H33F2N3O5SSi. The maximum Gasteiger partial charge on any atom is 0.259 e. The van der Waals surface area contributed by atoms with Crippen LogP contribution in [0.2, 0.25) is 25.7 Å². The van der Waals surface area contributed by atoms with Gasteiger partial charge in [0.25, 0.3) is 5.56 Å². The Bertz CT molecular complexity index is 1710. The third kappa shape index (κ3) is 6.80. The highest BCUT2D eigenvalue weighted by molar-refractivity contribution is 7.92. The number of rotatable bonds is 11. The van der Waals surface area contributed by atoms with Crippen LogP contribution >= 0.6 is 0 Å². The molecule has 0 amide bonds. The van der Waals surface area contributed by atoms with Crippen molar-refractivity contribution in [2.45, 2.75) is 39.3 Å². The fourth-order valence-corrected chi connectivity index (χ4v) is 5.50. The van der Waals surface area contributed by atoms with Crippen LogP contribution in [-0.2, 0) is 28.5 Å². The summed E-state index contributed by atoms with van der Waals surface area (Å²) >= 11 is 0. The zero-order chi connectivity index (χ0) is 29.2. The van der Waals surface area contributed by atoms with Gasteiger partial charge in [0.2, 0.25) is 10.0 Å². The predicted molar refractivity (Wildman–Crippen MR) is 156 cm³/mol. The van der Waals surface area contributed by atoms with E-state index in [-0.39, 0.29) is 35.2 Å². The second kappa shape index (κ2) is 11.6. The molecule has 214 valence electrons. The molecule has 0 saturated carbocycles. The van der Waals surface area contributed by atoms with E-state index in [9.17, 15) is 22.0 Å². The molecule has 0 unspecified atom stereocenters. The zero-order valence-electron chi connectivity index (χ0n) is 23.1. The van der Waals surface area contributed by atoms with Gasteiger partial charge in [-0.25, -0.2) is 17.2 Å². The van der Waals surface area contributed by atoms with Crippen molar-refractivity contribution in [2.75, 3.05) is 17.1 Å². The van der Waals surface area contributed by atoms with Crippen LogP contribution in [0, 0.1) is 11.6 Å². The van der Waals surface area contributed by atoms with Crippen LogP contribution in [0.4, 0.5) is 14.5 Å². The first-order valence-corrected chi connectivity index (χ1v) is 18.2. The molecule has 0 fully saturated rings. The number of pyridine rings is 1. The number of anilines is 1. The van der Waals surface area contributed by atoms with Gasteiger partial charge in [-0.05, 0) is 49.4 Å². The second-order valence-corrected chi connectivity index (χ2v) is 18.4. The third-order valence-electron chi connectivity index (χ3n) is 6.36. The lowest BCUT2D eigenvalue weighted by Crippen LogP contribution is -2.22. The average Bonchev–Trinajstić information content (AvgIpc) is 3.30. The minimum absolute atomic E-state index is 0.136. The summed E-state index contributed by atoms with van der Waals surface area (Å²) in [5, 5.41) is 0.423. The van der Waals surface area contributed by atoms with E-state index in [1.165, 1.54) is 29.7 Å². The van der Waals surface area contributed by atoms with Crippen LogP contribution < -0.4 is 15.0 Å². The Hall–Kier alpha value is -3.48. The third-order valence-corrected chi connectivity index (χ3v) is 9.37. The van der Waals surface area contributed by atoms with Crippen LogP contribution in [0.1, 0.15) is 6.92 Å². The molecule has 8 nitrogen and oxygen atoms in total. The van der Waals surface area contributed by atoms with E-state index in [4.69, 9.17) is 9.47 Å². The van der Waals surface area contributed by atoms with Crippen molar-refractivity contribution in [3.8, 4) is 22.6 Å². The minimum Gasteiger partial charge on any atom is -0.454 e. The monoisotopic (exact) mass is 589 g/mol. The molecule has 0 spiro atoms. The minimum atomic E-state index is -3.61. The van der Waals surface area contributed by atoms with Gasteiger partial charge in [0.1, 0.15) is 18.3 Å². The van der Waals surface area contributed by atoms with Crippen molar-refractivity contribution in [1.29, 1.82) is 0 Å². The number of benzene rings is 2. The smallest absolute Gasteiger partial charge is 0.259 e. The molecule has 2 aromatic carbocycles. The average molecular weight is 590 g/mol. The Balaban J connectivity index is 1.87. The molecule has 4 rings (SSSR count). The lowest BCUT2D eigenvalue weighted by Gasteiger charge is -2.18. The predicted octanol–water partition coefficient (Wildman–Crippen LogP) is 6.15. The van der Waals surface area contributed by atoms with Crippen molar-refractivity contribution in [3.05, 3.63) is 76.8 Å². The molecule has 0 bridgehead atoms. The Morgan fingerprint density at radius 1 is 1.00 bits per heavy atom. The molecule has 0 aliphatic carbocycles. The number of sulfonamides is 1. The van der Waals surface area contributed by atoms with E-state index in [2.05, 4.69) is 24.4 Å². The quantitative estimate of drug-likeness (QED) is 0.167. The summed E-state index contributed by atoms with van der Waals surface area (Å²) in [6, 6.07) is 10.2. The van der Waals surface area contributed by atoms with Crippen LogP contribution in [0.5, 0.6) is 11.5 Å². The van der Waals surface area contributed by atoms with E-state index in [1.54, 1.807) is 36.1 Å². The molecule has 2 heterocycles. The van der Waals surface area contributed by atoms with Crippen LogP contribution in [0.3, 0.4) is 0 Å². The first kappa shape index (κ1) is 29.5. The van der Waals surface area contributed by atoms with Gasteiger partial charge in [0, 0.05) is 57.0 Å². The number of nitrogens with zero attached hydrogens (tertiary/aromatic N) is 2. The van der Waals surface area contributed by atoms with Crippen LogP contribution in [0.15, 0.2) is 59.7 Å². The molecule has 0 radical (unpaired) electrons. The van der Waals surface area contributed by atoms with Crippen molar-refractivity contribution < 1.29 is 26.7 Å². The number of halogens is 2. The van der Waals surface area contributed by atoms with E-state index < -0.39 is 29.7 Å². The number of nitrogens with one attached hydrogen (secondary N) is 1. The highest BCUT2D eigenvalue weighted by Crippen LogP contribution is 2.39. The van der Waals surface area contributed by atoms with E-state index >= 15 is 0 Å². The highest BCUT2D eigenvalue weighted by Gasteiger charge is 2.20. The summed E-state index contributed by atoms with van der Waals surface area (Å²) < 4.78 is 70.3. The van der Waals surface area contributed by atoms with Gasteiger partial charge in [-0.15, -0.1) is 0 Å². The Kier molecular flexibility index (Phi) is 8.52. The molecule has 0 aliphatic heterocycles. The SMILES string of the molecule is CCS(=O)(=O)Nc1ccc(Oc2ccc(F)cc2F)c(-c2cn(C)c(=O)c3ccn(COCC[Si](C)(C)C)c23)c1. The molecule has 1 N–H and O–H groups in total. The molecule has 2 aromatic heterocycles. The van der Waals surface area contributed by atoms with Crippen LogP contribution in [0.25, 0.3) is 22.0 Å². The van der Waals surface area contributed by atoms with E-state index in [0.717, 1.165) is 12.1 Å². The molecule has 12 heteroatoms. The second-order valence-electron chi connectivity index (χ2n) is 10.7. The van der Waals surface area contributed by atoms with Gasteiger partial charge < -0.3 is 18.6 Å². The zero-order valence-corrected chi connectivity index (χ0v) is 24.9. The molecule has 0 aliphatic rings. The fourth-order valence-electron chi connectivity index (χ4n) is 4.12. The first-order chi connectivity index (χ1) is 18.8. The largest absolute Gasteiger partial charge is 0.454 e. The van der Waals surface area contributed by atoms with Crippen molar-refractivity contribution in [1.82, 2.24) is 9.13 Å². The number of aromatic nitrogens is 2. The number of hydrogen-bond acceptors (Lipinski definition) is 5. The van der Waals surface area contributed by atoms with Crippen molar-refractivity contribution in [3.63, 3.8) is 0 Å². The highest BCUT2D eigenvalue weighted by atomic mass is 32.2. The number of hydrogen-bond donors (Lipinski definition) is 1. The molecule has 0 saturated heterocycles. The van der Waals surface area contributed by atoms with Crippen molar-refractivity contribution >= 4 is 34.7 Å². The van der Waals surface area contributed by atoms with Crippen LogP contribution in [-0.4, -0.2) is 38.0 Å². The summed E-state index contributed by atoms with van der Waals surface area (Å²) in [5.74, 6) is -1.82. The van der Waals surface area contributed by atoms with Gasteiger partial charge in [0.05, 0.1) is 16.7 Å². The number of fused-ring (bicyclic) bond motifs is 1. The van der Waals surface area contributed by atoms with Gasteiger partial charge in [-0.3, -0.25) is 9.52 Å². The summed E-state index contributed by atoms with van der Waals surface area (Å²) in [7, 11) is -3.31.